The van der Waals surface area contributed by atoms with Crippen molar-refractivity contribution in [2.45, 2.75) is 37.1 Å². The number of benzene rings is 2. The van der Waals surface area contributed by atoms with Gasteiger partial charge in [-0.25, -0.2) is 0 Å². The van der Waals surface area contributed by atoms with Crippen LogP contribution in [0.1, 0.15) is 34.3 Å². The number of carbonyl (C=O) groups is 1. The van der Waals surface area contributed by atoms with Gasteiger partial charge in [0.1, 0.15) is 11.9 Å². The zero-order chi connectivity index (χ0) is 20.9. The second kappa shape index (κ2) is 6.97. The van der Waals surface area contributed by atoms with Gasteiger partial charge in [0.15, 0.2) is 0 Å². The van der Waals surface area contributed by atoms with Crippen molar-refractivity contribution < 1.29 is 19.7 Å². The van der Waals surface area contributed by atoms with Crippen LogP contribution in [0.3, 0.4) is 0 Å². The Morgan fingerprint density at radius 3 is 2.80 bits per heavy atom. The third kappa shape index (κ3) is 2.66. The summed E-state index contributed by atoms with van der Waals surface area (Å²) in [5.74, 6) is 0.561. The van der Waals surface area contributed by atoms with Crippen LogP contribution in [0.25, 0.3) is 11.1 Å². The molecule has 3 N–H and O–H groups in total. The summed E-state index contributed by atoms with van der Waals surface area (Å²) in [6, 6.07) is 13.2. The number of aromatic amines is 1. The van der Waals surface area contributed by atoms with Crippen LogP contribution in [0.15, 0.2) is 54.9 Å². The highest BCUT2D eigenvalue weighted by Gasteiger charge is 2.59. The molecule has 1 aromatic heterocycles. The molecule has 1 spiro atoms. The first-order valence-corrected chi connectivity index (χ1v) is 9.99. The number of fused-ring (bicyclic) bond motifs is 2. The molecule has 3 unspecified atom stereocenters. The van der Waals surface area contributed by atoms with Crippen LogP contribution in [0.5, 0.6) is 5.75 Å². The van der Waals surface area contributed by atoms with Gasteiger partial charge < -0.3 is 19.8 Å². The fraction of sp³-hybridized carbons (Fsp3) is 0.304. The molecule has 0 radical (unpaired) electrons. The largest absolute Gasteiger partial charge is 0.497 e. The number of carbonyl (C=O) groups excluding carboxylic acids is 1. The molecule has 0 saturated heterocycles. The van der Waals surface area contributed by atoms with E-state index >= 15 is 0 Å². The quantitative estimate of drug-likeness (QED) is 0.619. The number of hydrogen-bond acceptors (Lipinski definition) is 5. The lowest BCUT2D eigenvalue weighted by atomic mass is 9.84. The summed E-state index contributed by atoms with van der Waals surface area (Å²) in [4.78, 5) is 15.3. The van der Waals surface area contributed by atoms with E-state index in [0.29, 0.717) is 30.7 Å². The summed E-state index contributed by atoms with van der Waals surface area (Å²) in [6.07, 6.45) is 2.51. The Labute approximate surface area is 173 Å². The number of methoxy groups -OCH3 is 1. The highest BCUT2D eigenvalue weighted by atomic mass is 16.5. The van der Waals surface area contributed by atoms with E-state index in [4.69, 9.17) is 4.74 Å². The molecule has 2 heterocycles. The minimum absolute atomic E-state index is 0.147. The maximum Gasteiger partial charge on any atom is 0.255 e. The fourth-order valence-electron chi connectivity index (χ4n) is 4.91. The third-order valence-corrected chi connectivity index (χ3v) is 6.42. The van der Waals surface area contributed by atoms with E-state index < -0.39 is 17.7 Å². The number of aliphatic hydroxyl groups excluding tert-OH is 2. The van der Waals surface area contributed by atoms with Crippen LogP contribution in [-0.2, 0) is 12.1 Å². The number of aliphatic hydroxyl groups is 2. The molecule has 0 bridgehead atoms. The molecule has 2 aliphatic rings. The van der Waals surface area contributed by atoms with E-state index in [-0.39, 0.29) is 5.91 Å². The zero-order valence-electron chi connectivity index (χ0n) is 16.6. The molecule has 1 amide bonds. The van der Waals surface area contributed by atoms with Gasteiger partial charge in [0, 0.05) is 23.9 Å². The molecule has 3 atom stereocenters. The Balaban J connectivity index is 1.61. The van der Waals surface area contributed by atoms with Crippen molar-refractivity contribution in [1.82, 2.24) is 15.1 Å². The summed E-state index contributed by atoms with van der Waals surface area (Å²) in [5, 5.41) is 28.2. The molecule has 2 aromatic carbocycles. The number of hydrogen-bond donors (Lipinski definition) is 3. The molecular weight excluding hydrogens is 382 g/mol. The van der Waals surface area contributed by atoms with Crippen molar-refractivity contribution in [2.24, 2.45) is 0 Å². The molecule has 3 aromatic rings. The normalized spacial score (nSPS) is 25.2. The number of ether oxygens (including phenoxy) is 1. The molecule has 30 heavy (non-hydrogen) atoms. The van der Waals surface area contributed by atoms with E-state index in [0.717, 1.165) is 22.3 Å². The van der Waals surface area contributed by atoms with Gasteiger partial charge in [-0.1, -0.05) is 24.3 Å². The molecule has 1 fully saturated rings. The van der Waals surface area contributed by atoms with Crippen LogP contribution in [0.4, 0.5) is 0 Å². The summed E-state index contributed by atoms with van der Waals surface area (Å²) in [5.41, 5.74) is 3.05. The maximum atomic E-state index is 13.6. The third-order valence-electron chi connectivity index (χ3n) is 6.42. The van der Waals surface area contributed by atoms with Crippen molar-refractivity contribution in [2.75, 3.05) is 7.11 Å². The molecule has 1 aliphatic heterocycles. The highest BCUT2D eigenvalue weighted by molar-refractivity contribution is 6.01. The van der Waals surface area contributed by atoms with Gasteiger partial charge in [-0.05, 0) is 47.7 Å². The average Bonchev–Trinajstić information content (AvgIpc) is 3.46. The first-order chi connectivity index (χ1) is 14.5. The Morgan fingerprint density at radius 2 is 2.10 bits per heavy atom. The van der Waals surface area contributed by atoms with Gasteiger partial charge in [-0.3, -0.25) is 9.89 Å². The van der Waals surface area contributed by atoms with Crippen LogP contribution in [-0.4, -0.2) is 50.5 Å². The number of H-pyrrole nitrogens is 1. The van der Waals surface area contributed by atoms with Crippen molar-refractivity contribution in [3.8, 4) is 16.9 Å². The SMILES string of the molecule is COc1cccc(CN2C(=O)c3cc(-c4cn[nH]c4)ccc3C23CCC(O)C3O)c1. The molecule has 7 nitrogen and oxygen atoms in total. The van der Waals surface area contributed by atoms with Crippen molar-refractivity contribution in [3.63, 3.8) is 0 Å². The van der Waals surface area contributed by atoms with E-state index in [9.17, 15) is 15.0 Å². The second-order valence-corrected chi connectivity index (χ2v) is 7.97. The summed E-state index contributed by atoms with van der Waals surface area (Å²) in [7, 11) is 1.60. The number of aromatic nitrogens is 2. The predicted octanol–water partition coefficient (Wildman–Crippen LogP) is 2.45. The van der Waals surface area contributed by atoms with Gasteiger partial charge >= 0.3 is 0 Å². The zero-order valence-corrected chi connectivity index (χ0v) is 16.6. The van der Waals surface area contributed by atoms with Crippen LogP contribution < -0.4 is 4.74 Å². The topological polar surface area (TPSA) is 98.7 Å². The smallest absolute Gasteiger partial charge is 0.255 e. The minimum atomic E-state index is -1.05. The Morgan fingerprint density at radius 1 is 1.23 bits per heavy atom. The lowest BCUT2D eigenvalue weighted by molar-refractivity contribution is -0.0436. The number of amides is 1. The predicted molar refractivity (Wildman–Crippen MR) is 110 cm³/mol. The van der Waals surface area contributed by atoms with Crippen LogP contribution in [0, 0.1) is 0 Å². The Hall–Kier alpha value is -3.16. The van der Waals surface area contributed by atoms with Crippen LogP contribution >= 0.6 is 0 Å². The van der Waals surface area contributed by atoms with Gasteiger partial charge in [0.05, 0.1) is 24.9 Å². The molecule has 1 saturated carbocycles. The van der Waals surface area contributed by atoms with E-state index in [1.807, 2.05) is 42.5 Å². The first kappa shape index (κ1) is 18.8. The van der Waals surface area contributed by atoms with Gasteiger partial charge in [0.2, 0.25) is 0 Å². The van der Waals surface area contributed by atoms with Crippen molar-refractivity contribution in [1.29, 1.82) is 0 Å². The first-order valence-electron chi connectivity index (χ1n) is 9.99. The van der Waals surface area contributed by atoms with Gasteiger partial charge in [0.25, 0.3) is 5.91 Å². The minimum Gasteiger partial charge on any atom is -0.497 e. The lowest BCUT2D eigenvalue weighted by Crippen LogP contribution is -2.50. The summed E-state index contributed by atoms with van der Waals surface area (Å²) >= 11 is 0. The molecule has 1 aliphatic carbocycles. The van der Waals surface area contributed by atoms with Gasteiger partial charge in [-0.15, -0.1) is 0 Å². The van der Waals surface area contributed by atoms with Crippen molar-refractivity contribution >= 4 is 5.91 Å². The number of nitrogens with one attached hydrogen (secondary N) is 1. The van der Waals surface area contributed by atoms with Crippen LogP contribution in [0.2, 0.25) is 0 Å². The lowest BCUT2D eigenvalue weighted by Gasteiger charge is -2.39. The van der Waals surface area contributed by atoms with E-state index in [1.165, 1.54) is 0 Å². The number of nitrogens with zero attached hydrogens (tertiary/aromatic N) is 2. The average molecular weight is 405 g/mol. The van der Waals surface area contributed by atoms with E-state index in [2.05, 4.69) is 10.2 Å². The summed E-state index contributed by atoms with van der Waals surface area (Å²) < 4.78 is 5.32. The molecular formula is C23H23N3O4. The molecule has 154 valence electrons. The monoisotopic (exact) mass is 405 g/mol. The van der Waals surface area contributed by atoms with E-state index in [1.54, 1.807) is 24.4 Å². The molecule has 5 rings (SSSR count). The second-order valence-electron chi connectivity index (χ2n) is 7.97. The number of rotatable bonds is 4. The Bertz CT molecular complexity index is 1100. The highest BCUT2D eigenvalue weighted by Crippen LogP contribution is 2.51. The standard InChI is InChI=1S/C23H23N3O4/c1-30-17-4-2-3-14(9-17)13-26-22(29)18-10-15(16-11-24-25-12-16)5-6-19(18)23(26)8-7-20(27)21(23)28/h2-6,9-12,20-21,27-28H,7-8,13H2,1H3,(H,24,25). The maximum absolute atomic E-state index is 13.6. The van der Waals surface area contributed by atoms with Gasteiger partial charge in [-0.2, -0.15) is 5.10 Å². The Kier molecular flexibility index (Phi) is 4.38. The fourth-order valence-corrected chi connectivity index (χ4v) is 4.91. The summed E-state index contributed by atoms with van der Waals surface area (Å²) in [6.45, 7) is 0.315. The van der Waals surface area contributed by atoms with Crippen molar-refractivity contribution in [3.05, 3.63) is 71.5 Å². The molecule has 7 heteroatoms.